The van der Waals surface area contributed by atoms with Crippen molar-refractivity contribution < 1.29 is 9.59 Å². The van der Waals surface area contributed by atoms with Crippen molar-refractivity contribution in [3.05, 3.63) is 70.2 Å². The lowest BCUT2D eigenvalue weighted by molar-refractivity contribution is -0.140. The number of benzene rings is 2. The van der Waals surface area contributed by atoms with Crippen molar-refractivity contribution in [3.63, 3.8) is 0 Å². The lowest BCUT2D eigenvalue weighted by atomic mass is 9.94. The molecule has 1 N–H and O–H groups in total. The first kappa shape index (κ1) is 22.6. The molecule has 0 aromatic heterocycles. The van der Waals surface area contributed by atoms with Crippen molar-refractivity contribution in [1.82, 2.24) is 10.2 Å². The summed E-state index contributed by atoms with van der Waals surface area (Å²) in [4.78, 5) is 27.9. The van der Waals surface area contributed by atoms with Crippen LogP contribution >= 0.6 is 23.2 Å². The first-order chi connectivity index (χ1) is 14.5. The third-order valence-electron chi connectivity index (χ3n) is 5.61. The summed E-state index contributed by atoms with van der Waals surface area (Å²) in [6.45, 7) is 2.27. The summed E-state index contributed by atoms with van der Waals surface area (Å²) in [6, 6.07) is 14.4. The molecular weight excluding hydrogens is 419 g/mol. The van der Waals surface area contributed by atoms with Crippen molar-refractivity contribution in [3.8, 4) is 0 Å². The van der Waals surface area contributed by atoms with Crippen LogP contribution in [0.2, 0.25) is 5.02 Å². The first-order valence-electron chi connectivity index (χ1n) is 10.4. The Balaban J connectivity index is 1.92. The van der Waals surface area contributed by atoms with Gasteiger partial charge in [-0.25, -0.2) is 0 Å². The molecule has 0 saturated heterocycles. The lowest BCUT2D eigenvalue weighted by Crippen LogP contribution is -2.47. The van der Waals surface area contributed by atoms with E-state index in [-0.39, 0.29) is 30.3 Å². The maximum absolute atomic E-state index is 13.4. The van der Waals surface area contributed by atoms with Gasteiger partial charge >= 0.3 is 0 Å². The minimum atomic E-state index is -0.741. The molecule has 0 bridgehead atoms. The van der Waals surface area contributed by atoms with Crippen LogP contribution in [0.25, 0.3) is 0 Å². The fraction of sp³-hybridized carbons (Fsp3) is 0.417. The minimum Gasteiger partial charge on any atom is -0.351 e. The minimum absolute atomic E-state index is 0.154. The van der Waals surface area contributed by atoms with Crippen molar-refractivity contribution in [2.45, 2.75) is 57.7 Å². The number of nitrogens with zero attached hydrogens (tertiary/aromatic N) is 1. The van der Waals surface area contributed by atoms with Crippen LogP contribution < -0.4 is 5.32 Å². The van der Waals surface area contributed by atoms with Gasteiger partial charge in [0, 0.05) is 17.6 Å². The standard InChI is InChI=1S/C24H28Cl2N2O2/c1-17-7-11-19(12-8-17)23(24(30)27-21-5-3-2-4-6-21)28(22(29)15-25)16-18-9-13-20(26)14-10-18/h7-14,21,23H,2-6,15-16H2,1H3,(H,27,30). The maximum atomic E-state index is 13.4. The Morgan fingerprint density at radius 1 is 1.03 bits per heavy atom. The summed E-state index contributed by atoms with van der Waals surface area (Å²) in [5, 5.41) is 3.81. The van der Waals surface area contributed by atoms with Crippen LogP contribution in [0.3, 0.4) is 0 Å². The number of hydrogen-bond acceptors (Lipinski definition) is 2. The molecule has 6 heteroatoms. The molecule has 1 unspecified atom stereocenters. The van der Waals surface area contributed by atoms with E-state index < -0.39 is 6.04 Å². The fourth-order valence-corrected chi connectivity index (χ4v) is 4.21. The van der Waals surface area contributed by atoms with Crippen molar-refractivity contribution in [2.24, 2.45) is 0 Å². The van der Waals surface area contributed by atoms with Gasteiger partial charge in [-0.15, -0.1) is 11.6 Å². The highest BCUT2D eigenvalue weighted by Gasteiger charge is 2.32. The topological polar surface area (TPSA) is 49.4 Å². The normalized spacial score (nSPS) is 15.4. The van der Waals surface area contributed by atoms with E-state index in [1.165, 1.54) is 6.42 Å². The van der Waals surface area contributed by atoms with E-state index in [1.807, 2.05) is 43.3 Å². The summed E-state index contributed by atoms with van der Waals surface area (Å²) in [5.41, 5.74) is 2.76. The SMILES string of the molecule is Cc1ccc(C(C(=O)NC2CCCCC2)N(Cc2ccc(Cl)cc2)C(=O)CCl)cc1. The van der Waals surface area contributed by atoms with E-state index in [9.17, 15) is 9.59 Å². The third kappa shape index (κ3) is 5.99. The molecule has 0 spiro atoms. The van der Waals surface area contributed by atoms with Crippen molar-refractivity contribution >= 4 is 35.0 Å². The van der Waals surface area contributed by atoms with Crippen LogP contribution in [-0.4, -0.2) is 28.6 Å². The van der Waals surface area contributed by atoms with Crippen molar-refractivity contribution in [2.75, 3.05) is 5.88 Å². The molecular formula is C24H28Cl2N2O2. The van der Waals surface area contributed by atoms with Crippen LogP contribution in [0.5, 0.6) is 0 Å². The molecule has 0 aliphatic heterocycles. The first-order valence-corrected chi connectivity index (χ1v) is 11.4. The van der Waals surface area contributed by atoms with Gasteiger partial charge in [0.25, 0.3) is 0 Å². The number of halogens is 2. The van der Waals surface area contributed by atoms with E-state index in [0.29, 0.717) is 5.02 Å². The number of rotatable bonds is 7. The predicted molar refractivity (Wildman–Crippen MR) is 122 cm³/mol. The number of amides is 2. The summed E-state index contributed by atoms with van der Waals surface area (Å²) in [7, 11) is 0. The highest BCUT2D eigenvalue weighted by atomic mass is 35.5. The largest absolute Gasteiger partial charge is 0.351 e. The molecule has 0 heterocycles. The molecule has 2 aromatic carbocycles. The quantitative estimate of drug-likeness (QED) is 0.578. The number of aryl methyl sites for hydroxylation is 1. The zero-order valence-corrected chi connectivity index (χ0v) is 18.8. The predicted octanol–water partition coefficient (Wildman–Crippen LogP) is 5.41. The zero-order chi connectivity index (χ0) is 21.5. The Hall–Kier alpha value is -2.04. The molecule has 160 valence electrons. The second-order valence-electron chi connectivity index (χ2n) is 7.94. The van der Waals surface area contributed by atoms with Gasteiger partial charge in [0.05, 0.1) is 0 Å². The highest BCUT2D eigenvalue weighted by Crippen LogP contribution is 2.27. The number of alkyl halides is 1. The van der Waals surface area contributed by atoms with Crippen LogP contribution in [0.15, 0.2) is 48.5 Å². The molecule has 1 aliphatic carbocycles. The van der Waals surface area contributed by atoms with Gasteiger partial charge in [0.2, 0.25) is 11.8 Å². The fourth-order valence-electron chi connectivity index (χ4n) is 3.94. The zero-order valence-electron chi connectivity index (χ0n) is 17.2. The smallest absolute Gasteiger partial charge is 0.247 e. The van der Waals surface area contributed by atoms with Crippen LogP contribution in [-0.2, 0) is 16.1 Å². The number of hydrogen-bond donors (Lipinski definition) is 1. The Morgan fingerprint density at radius 3 is 2.27 bits per heavy atom. The van der Waals surface area contributed by atoms with Gasteiger partial charge in [-0.1, -0.05) is 72.8 Å². The molecule has 2 amide bonds. The van der Waals surface area contributed by atoms with Gasteiger partial charge in [-0.2, -0.15) is 0 Å². The van der Waals surface area contributed by atoms with Crippen LogP contribution in [0.1, 0.15) is 54.8 Å². The molecule has 2 aromatic rings. The third-order valence-corrected chi connectivity index (χ3v) is 6.09. The Bertz CT molecular complexity index is 847. The number of carbonyl (C=O) groups is 2. The Labute approximate surface area is 188 Å². The number of carbonyl (C=O) groups excluding carboxylic acids is 2. The Morgan fingerprint density at radius 2 is 1.67 bits per heavy atom. The van der Waals surface area contributed by atoms with Crippen molar-refractivity contribution in [1.29, 1.82) is 0 Å². The molecule has 0 radical (unpaired) electrons. The van der Waals surface area contributed by atoms with Crippen LogP contribution in [0.4, 0.5) is 0 Å². The van der Waals surface area contributed by atoms with Gasteiger partial charge in [-0.3, -0.25) is 9.59 Å². The molecule has 1 fully saturated rings. The summed E-state index contributed by atoms with van der Waals surface area (Å²) in [6.07, 6.45) is 5.41. The molecule has 1 atom stereocenters. The van der Waals surface area contributed by atoms with E-state index in [4.69, 9.17) is 23.2 Å². The molecule has 30 heavy (non-hydrogen) atoms. The molecule has 1 saturated carbocycles. The summed E-state index contributed by atoms with van der Waals surface area (Å²) < 4.78 is 0. The maximum Gasteiger partial charge on any atom is 0.247 e. The number of nitrogens with one attached hydrogen (secondary N) is 1. The van der Waals surface area contributed by atoms with Gasteiger partial charge < -0.3 is 10.2 Å². The van der Waals surface area contributed by atoms with E-state index in [0.717, 1.165) is 42.4 Å². The molecule has 3 rings (SSSR count). The Kier molecular flexibility index (Phi) is 8.17. The lowest BCUT2D eigenvalue weighted by Gasteiger charge is -2.33. The van der Waals surface area contributed by atoms with E-state index >= 15 is 0 Å². The second kappa shape index (κ2) is 10.8. The molecule has 1 aliphatic rings. The van der Waals surface area contributed by atoms with E-state index in [1.54, 1.807) is 17.0 Å². The summed E-state index contributed by atoms with van der Waals surface area (Å²) in [5.74, 6) is -0.624. The van der Waals surface area contributed by atoms with Gasteiger partial charge in [0.1, 0.15) is 11.9 Å². The van der Waals surface area contributed by atoms with Crippen LogP contribution in [0, 0.1) is 6.92 Å². The van der Waals surface area contributed by atoms with Gasteiger partial charge in [0.15, 0.2) is 0 Å². The monoisotopic (exact) mass is 446 g/mol. The average molecular weight is 447 g/mol. The molecule has 4 nitrogen and oxygen atoms in total. The average Bonchev–Trinajstić information content (AvgIpc) is 2.76. The van der Waals surface area contributed by atoms with E-state index in [2.05, 4.69) is 5.32 Å². The highest BCUT2D eigenvalue weighted by molar-refractivity contribution is 6.30. The second-order valence-corrected chi connectivity index (χ2v) is 8.64. The van der Waals surface area contributed by atoms with Gasteiger partial charge in [-0.05, 0) is 43.0 Å². The summed E-state index contributed by atoms with van der Waals surface area (Å²) >= 11 is 12.0.